The number of ether oxygens (including phenoxy) is 3. The van der Waals surface area contributed by atoms with Crippen molar-refractivity contribution in [1.29, 1.82) is 0 Å². The van der Waals surface area contributed by atoms with Gasteiger partial charge in [0.1, 0.15) is 0 Å². The molecule has 102 valence electrons. The maximum Gasteiger partial charge on any atom is 0.203 e. The topological polar surface area (TPSA) is 53.7 Å². The standard InChI is InChI=1S/C14H17NO3S/c1-16-10-7-6-9(13(17-2)14(10)18-3)12(15)11-5-4-8-19-11/h4-8,12H,15H2,1-3H3/t12-/m1/s1. The molecule has 0 aliphatic rings. The van der Waals surface area contributed by atoms with Gasteiger partial charge in [-0.05, 0) is 23.6 Å². The Kier molecular flexibility index (Phi) is 4.29. The number of methoxy groups -OCH3 is 3. The minimum atomic E-state index is -0.241. The normalized spacial score (nSPS) is 12.0. The second-order valence-electron chi connectivity index (χ2n) is 3.92. The molecule has 0 unspecified atom stereocenters. The largest absolute Gasteiger partial charge is 0.493 e. The van der Waals surface area contributed by atoms with Crippen molar-refractivity contribution in [2.24, 2.45) is 5.73 Å². The first-order valence-corrected chi connectivity index (χ1v) is 6.68. The van der Waals surface area contributed by atoms with Gasteiger partial charge in [-0.2, -0.15) is 0 Å². The first-order chi connectivity index (χ1) is 9.22. The molecule has 2 aromatic rings. The van der Waals surface area contributed by atoms with Crippen LogP contribution in [0.5, 0.6) is 17.2 Å². The summed E-state index contributed by atoms with van der Waals surface area (Å²) in [6, 6.07) is 7.49. The van der Waals surface area contributed by atoms with Gasteiger partial charge in [-0.3, -0.25) is 0 Å². The summed E-state index contributed by atoms with van der Waals surface area (Å²) in [5, 5.41) is 2.00. The van der Waals surface area contributed by atoms with Crippen molar-refractivity contribution in [2.75, 3.05) is 21.3 Å². The smallest absolute Gasteiger partial charge is 0.203 e. The Bertz CT molecular complexity index is 540. The fourth-order valence-electron chi connectivity index (χ4n) is 1.99. The van der Waals surface area contributed by atoms with Crippen LogP contribution in [0.3, 0.4) is 0 Å². The van der Waals surface area contributed by atoms with Gasteiger partial charge in [0.05, 0.1) is 27.4 Å². The molecule has 19 heavy (non-hydrogen) atoms. The molecule has 0 saturated carbocycles. The predicted octanol–water partition coefficient (Wildman–Crippen LogP) is 2.82. The summed E-state index contributed by atoms with van der Waals surface area (Å²) in [6.07, 6.45) is 0. The molecule has 4 nitrogen and oxygen atoms in total. The van der Waals surface area contributed by atoms with Crippen LogP contribution in [-0.4, -0.2) is 21.3 Å². The zero-order valence-corrected chi connectivity index (χ0v) is 12.0. The summed E-state index contributed by atoms with van der Waals surface area (Å²) >= 11 is 1.62. The van der Waals surface area contributed by atoms with E-state index in [2.05, 4.69) is 0 Å². The Morgan fingerprint density at radius 2 is 1.74 bits per heavy atom. The molecule has 0 aliphatic carbocycles. The SMILES string of the molecule is COc1ccc([C@@H](N)c2cccs2)c(OC)c1OC. The van der Waals surface area contributed by atoms with Crippen molar-refractivity contribution < 1.29 is 14.2 Å². The third-order valence-electron chi connectivity index (χ3n) is 2.92. The lowest BCUT2D eigenvalue weighted by molar-refractivity contribution is 0.321. The number of hydrogen-bond donors (Lipinski definition) is 1. The van der Waals surface area contributed by atoms with E-state index >= 15 is 0 Å². The lowest BCUT2D eigenvalue weighted by atomic mass is 10.0. The van der Waals surface area contributed by atoms with Crippen LogP contribution in [0.1, 0.15) is 16.5 Å². The van der Waals surface area contributed by atoms with Crippen LogP contribution in [0.2, 0.25) is 0 Å². The van der Waals surface area contributed by atoms with E-state index in [0.717, 1.165) is 10.4 Å². The molecule has 0 radical (unpaired) electrons. The molecular weight excluding hydrogens is 262 g/mol. The van der Waals surface area contributed by atoms with E-state index in [1.165, 1.54) is 0 Å². The van der Waals surface area contributed by atoms with E-state index in [9.17, 15) is 0 Å². The molecule has 1 aromatic carbocycles. The Hall–Kier alpha value is -1.72. The highest BCUT2D eigenvalue weighted by Crippen LogP contribution is 2.43. The Labute approximate surface area is 116 Å². The number of hydrogen-bond acceptors (Lipinski definition) is 5. The molecule has 0 aliphatic heterocycles. The lowest BCUT2D eigenvalue weighted by Gasteiger charge is -2.19. The van der Waals surface area contributed by atoms with Crippen LogP contribution < -0.4 is 19.9 Å². The van der Waals surface area contributed by atoms with Gasteiger partial charge in [0.2, 0.25) is 5.75 Å². The van der Waals surface area contributed by atoms with Crippen LogP contribution >= 0.6 is 11.3 Å². The molecule has 1 atom stereocenters. The number of nitrogens with two attached hydrogens (primary N) is 1. The van der Waals surface area contributed by atoms with Gasteiger partial charge in [0, 0.05) is 10.4 Å². The second kappa shape index (κ2) is 5.95. The Morgan fingerprint density at radius 1 is 1.00 bits per heavy atom. The minimum Gasteiger partial charge on any atom is -0.493 e. The fraction of sp³-hybridized carbons (Fsp3) is 0.286. The number of benzene rings is 1. The van der Waals surface area contributed by atoms with Crippen LogP contribution in [0.25, 0.3) is 0 Å². The summed E-state index contributed by atoms with van der Waals surface area (Å²) in [5.41, 5.74) is 7.16. The van der Waals surface area contributed by atoms with Gasteiger partial charge in [0.15, 0.2) is 11.5 Å². The first-order valence-electron chi connectivity index (χ1n) is 5.80. The summed E-state index contributed by atoms with van der Waals surface area (Å²) in [6.45, 7) is 0. The highest BCUT2D eigenvalue weighted by atomic mass is 32.1. The fourth-order valence-corrected chi connectivity index (χ4v) is 2.74. The van der Waals surface area contributed by atoms with Crippen LogP contribution in [-0.2, 0) is 0 Å². The summed E-state index contributed by atoms with van der Waals surface area (Å²) < 4.78 is 16.1. The maximum absolute atomic E-state index is 6.29. The molecule has 0 fully saturated rings. The van der Waals surface area contributed by atoms with Gasteiger partial charge in [-0.15, -0.1) is 11.3 Å². The molecule has 1 aromatic heterocycles. The van der Waals surface area contributed by atoms with E-state index in [-0.39, 0.29) is 6.04 Å². The highest BCUT2D eigenvalue weighted by molar-refractivity contribution is 7.10. The van der Waals surface area contributed by atoms with Crippen molar-refractivity contribution in [3.63, 3.8) is 0 Å². The van der Waals surface area contributed by atoms with E-state index in [4.69, 9.17) is 19.9 Å². The van der Waals surface area contributed by atoms with Crippen molar-refractivity contribution in [2.45, 2.75) is 6.04 Å². The van der Waals surface area contributed by atoms with Crippen molar-refractivity contribution >= 4 is 11.3 Å². The first kappa shape index (κ1) is 13.7. The molecule has 0 spiro atoms. The average Bonchev–Trinajstić information content (AvgIpc) is 2.98. The Balaban J connectivity index is 2.51. The molecule has 1 heterocycles. The van der Waals surface area contributed by atoms with Gasteiger partial charge in [-0.1, -0.05) is 6.07 Å². The zero-order valence-electron chi connectivity index (χ0n) is 11.2. The molecular formula is C14H17NO3S. The number of thiophene rings is 1. The molecule has 0 amide bonds. The van der Waals surface area contributed by atoms with Crippen LogP contribution in [0, 0.1) is 0 Å². The van der Waals surface area contributed by atoms with E-state index < -0.39 is 0 Å². The lowest BCUT2D eigenvalue weighted by Crippen LogP contribution is -2.12. The van der Waals surface area contributed by atoms with Crippen LogP contribution in [0.4, 0.5) is 0 Å². The van der Waals surface area contributed by atoms with Crippen LogP contribution in [0.15, 0.2) is 29.6 Å². The molecule has 0 bridgehead atoms. The molecule has 0 saturated heterocycles. The van der Waals surface area contributed by atoms with Gasteiger partial charge < -0.3 is 19.9 Å². The van der Waals surface area contributed by atoms with Crippen molar-refractivity contribution in [1.82, 2.24) is 0 Å². The van der Waals surface area contributed by atoms with Gasteiger partial charge in [-0.25, -0.2) is 0 Å². The second-order valence-corrected chi connectivity index (χ2v) is 4.90. The zero-order chi connectivity index (χ0) is 13.8. The highest BCUT2D eigenvalue weighted by Gasteiger charge is 2.21. The van der Waals surface area contributed by atoms with Gasteiger partial charge >= 0.3 is 0 Å². The van der Waals surface area contributed by atoms with E-state index in [0.29, 0.717) is 17.2 Å². The van der Waals surface area contributed by atoms with Crippen molar-refractivity contribution in [3.8, 4) is 17.2 Å². The van der Waals surface area contributed by atoms with Gasteiger partial charge in [0.25, 0.3) is 0 Å². The monoisotopic (exact) mass is 279 g/mol. The summed E-state index contributed by atoms with van der Waals surface area (Å²) in [7, 11) is 4.78. The maximum atomic E-state index is 6.29. The summed E-state index contributed by atoms with van der Waals surface area (Å²) in [4.78, 5) is 1.07. The molecule has 5 heteroatoms. The van der Waals surface area contributed by atoms with E-state index in [1.54, 1.807) is 32.7 Å². The number of rotatable bonds is 5. The molecule has 2 N–H and O–H groups in total. The van der Waals surface area contributed by atoms with Crippen molar-refractivity contribution in [3.05, 3.63) is 40.1 Å². The Morgan fingerprint density at radius 3 is 2.26 bits per heavy atom. The summed E-state index contributed by atoms with van der Waals surface area (Å²) in [5.74, 6) is 1.80. The average molecular weight is 279 g/mol. The minimum absolute atomic E-state index is 0.241. The van der Waals surface area contributed by atoms with E-state index in [1.807, 2.05) is 29.6 Å². The quantitative estimate of drug-likeness (QED) is 0.914. The predicted molar refractivity (Wildman–Crippen MR) is 76.4 cm³/mol. The third-order valence-corrected chi connectivity index (χ3v) is 3.87. The third kappa shape index (κ3) is 2.52. The molecule has 2 rings (SSSR count).